The molecule has 0 unspecified atom stereocenters. The molecule has 1 fully saturated rings. The molecule has 10 heavy (non-hydrogen) atoms. The van der Waals surface area contributed by atoms with E-state index in [9.17, 15) is 0 Å². The molecule has 58 valence electrons. The fourth-order valence-corrected chi connectivity index (χ4v) is 2.36. The predicted octanol–water partition coefficient (Wildman–Crippen LogP) is 3.35. The summed E-state index contributed by atoms with van der Waals surface area (Å²) in [5.41, 5.74) is 0.627. The molecular weight excluding hydrogens is 140 g/mol. The standard InChI is InChI=1S/C9H16S/c1-2-9(7-8-10)5-3-4-6-9/h8H,2-7H2,1H3. The van der Waals surface area contributed by atoms with Crippen molar-refractivity contribution in [3.63, 3.8) is 0 Å². The van der Waals surface area contributed by atoms with Gasteiger partial charge in [-0.15, -0.1) is 0 Å². The van der Waals surface area contributed by atoms with Gasteiger partial charge >= 0.3 is 0 Å². The summed E-state index contributed by atoms with van der Waals surface area (Å²) >= 11 is 4.90. The maximum absolute atomic E-state index is 4.90. The van der Waals surface area contributed by atoms with Crippen molar-refractivity contribution in [1.29, 1.82) is 0 Å². The quantitative estimate of drug-likeness (QED) is 0.565. The third kappa shape index (κ3) is 1.57. The van der Waals surface area contributed by atoms with Crippen molar-refractivity contribution in [3.8, 4) is 0 Å². The highest BCUT2D eigenvalue weighted by Gasteiger charge is 2.30. The zero-order valence-electron chi connectivity index (χ0n) is 6.73. The van der Waals surface area contributed by atoms with Gasteiger partial charge in [0, 0.05) is 0 Å². The predicted molar refractivity (Wildman–Crippen MR) is 49.5 cm³/mol. The molecule has 0 aromatic carbocycles. The second-order valence-corrected chi connectivity index (χ2v) is 3.76. The molecule has 0 N–H and O–H groups in total. The van der Waals surface area contributed by atoms with Gasteiger partial charge in [0.2, 0.25) is 0 Å². The van der Waals surface area contributed by atoms with Crippen LogP contribution in [0.5, 0.6) is 0 Å². The Balaban J connectivity index is 2.48. The Morgan fingerprint density at radius 3 is 2.40 bits per heavy atom. The van der Waals surface area contributed by atoms with Gasteiger partial charge in [-0.05, 0) is 30.0 Å². The van der Waals surface area contributed by atoms with Crippen LogP contribution in [0.3, 0.4) is 0 Å². The topological polar surface area (TPSA) is 0 Å². The van der Waals surface area contributed by atoms with Crippen molar-refractivity contribution >= 4 is 17.6 Å². The Bertz CT molecular complexity index is 112. The van der Waals surface area contributed by atoms with E-state index in [4.69, 9.17) is 12.2 Å². The molecule has 0 aliphatic heterocycles. The average molecular weight is 156 g/mol. The first-order valence-electron chi connectivity index (χ1n) is 4.27. The lowest BCUT2D eigenvalue weighted by Crippen LogP contribution is -2.14. The van der Waals surface area contributed by atoms with Crippen molar-refractivity contribution in [2.75, 3.05) is 0 Å². The molecule has 0 heterocycles. The molecule has 1 saturated carbocycles. The van der Waals surface area contributed by atoms with Crippen LogP contribution in [0.4, 0.5) is 0 Å². The second kappa shape index (κ2) is 3.47. The van der Waals surface area contributed by atoms with Crippen LogP contribution < -0.4 is 0 Å². The Labute approximate surface area is 69.0 Å². The lowest BCUT2D eigenvalue weighted by Gasteiger charge is -2.24. The van der Waals surface area contributed by atoms with Gasteiger partial charge in [0.1, 0.15) is 0 Å². The summed E-state index contributed by atoms with van der Waals surface area (Å²) in [6.07, 6.45) is 8.17. The van der Waals surface area contributed by atoms with E-state index in [0.717, 1.165) is 0 Å². The third-order valence-electron chi connectivity index (χ3n) is 2.93. The van der Waals surface area contributed by atoms with E-state index in [1.54, 1.807) is 0 Å². The first kappa shape index (κ1) is 8.19. The van der Waals surface area contributed by atoms with E-state index in [1.165, 1.54) is 38.5 Å². The molecule has 1 aliphatic rings. The monoisotopic (exact) mass is 156 g/mol. The van der Waals surface area contributed by atoms with Crippen LogP contribution in [0.2, 0.25) is 0 Å². The second-order valence-electron chi connectivity index (χ2n) is 3.43. The maximum atomic E-state index is 4.90. The van der Waals surface area contributed by atoms with Crippen LogP contribution in [0.1, 0.15) is 45.4 Å². The van der Waals surface area contributed by atoms with Crippen LogP contribution >= 0.6 is 12.2 Å². The van der Waals surface area contributed by atoms with Crippen LogP contribution in [0.25, 0.3) is 0 Å². The Hall–Kier alpha value is 0.0900. The maximum Gasteiger partial charge on any atom is -0.0189 e. The SMILES string of the molecule is CCC1(CC=S)CCCC1. The molecule has 0 spiro atoms. The first-order valence-corrected chi connectivity index (χ1v) is 4.74. The highest BCUT2D eigenvalue weighted by molar-refractivity contribution is 7.78. The van der Waals surface area contributed by atoms with Crippen molar-refractivity contribution < 1.29 is 0 Å². The summed E-state index contributed by atoms with van der Waals surface area (Å²) < 4.78 is 0. The summed E-state index contributed by atoms with van der Waals surface area (Å²) in [6, 6.07) is 0. The van der Waals surface area contributed by atoms with Gasteiger partial charge in [-0.2, -0.15) is 0 Å². The summed E-state index contributed by atoms with van der Waals surface area (Å²) in [4.78, 5) is 0. The van der Waals surface area contributed by atoms with Crippen LogP contribution in [0, 0.1) is 5.41 Å². The fraction of sp³-hybridized carbons (Fsp3) is 0.889. The third-order valence-corrected chi connectivity index (χ3v) is 3.10. The number of thiocarbonyl (C=S) groups is 1. The highest BCUT2D eigenvalue weighted by atomic mass is 32.1. The normalized spacial score (nSPS) is 22.9. The number of hydrogen-bond donors (Lipinski definition) is 0. The van der Waals surface area contributed by atoms with Crippen molar-refractivity contribution in [2.45, 2.75) is 45.4 Å². The van der Waals surface area contributed by atoms with E-state index >= 15 is 0 Å². The molecule has 1 rings (SSSR count). The molecule has 1 aliphatic carbocycles. The van der Waals surface area contributed by atoms with E-state index < -0.39 is 0 Å². The van der Waals surface area contributed by atoms with E-state index in [0.29, 0.717) is 5.41 Å². The van der Waals surface area contributed by atoms with Gasteiger partial charge in [-0.1, -0.05) is 38.4 Å². The Morgan fingerprint density at radius 2 is 2.00 bits per heavy atom. The van der Waals surface area contributed by atoms with Crippen LogP contribution in [0.15, 0.2) is 0 Å². The number of hydrogen-bond acceptors (Lipinski definition) is 1. The fourth-order valence-electron chi connectivity index (χ4n) is 2.00. The van der Waals surface area contributed by atoms with Gasteiger partial charge in [0.05, 0.1) is 0 Å². The zero-order valence-corrected chi connectivity index (χ0v) is 7.54. The minimum Gasteiger partial charge on any atom is -0.0935 e. The van der Waals surface area contributed by atoms with Crippen molar-refractivity contribution in [3.05, 3.63) is 0 Å². The number of rotatable bonds is 3. The van der Waals surface area contributed by atoms with Crippen LogP contribution in [-0.2, 0) is 0 Å². The summed E-state index contributed by atoms with van der Waals surface area (Å²) in [7, 11) is 0. The van der Waals surface area contributed by atoms with Gasteiger partial charge in [0.25, 0.3) is 0 Å². The molecule has 0 bridgehead atoms. The lowest BCUT2D eigenvalue weighted by molar-refractivity contribution is 0.301. The molecule has 0 saturated heterocycles. The van der Waals surface area contributed by atoms with Crippen molar-refractivity contribution in [1.82, 2.24) is 0 Å². The molecule has 1 heteroatoms. The average Bonchev–Trinajstić information content (AvgIpc) is 2.39. The molecular formula is C9H16S. The molecule has 0 radical (unpaired) electrons. The molecule has 0 aromatic rings. The molecule has 0 amide bonds. The van der Waals surface area contributed by atoms with Gasteiger partial charge in [-0.25, -0.2) is 0 Å². The highest BCUT2D eigenvalue weighted by Crippen LogP contribution is 2.43. The van der Waals surface area contributed by atoms with E-state index in [-0.39, 0.29) is 0 Å². The van der Waals surface area contributed by atoms with E-state index in [1.807, 2.05) is 5.37 Å². The summed E-state index contributed by atoms with van der Waals surface area (Å²) in [5.74, 6) is 0. The summed E-state index contributed by atoms with van der Waals surface area (Å²) in [5, 5.41) is 1.93. The minimum atomic E-state index is 0.627. The van der Waals surface area contributed by atoms with Crippen LogP contribution in [-0.4, -0.2) is 5.37 Å². The lowest BCUT2D eigenvalue weighted by atomic mass is 9.81. The minimum absolute atomic E-state index is 0.627. The molecule has 0 aromatic heterocycles. The largest absolute Gasteiger partial charge is 0.0935 e. The summed E-state index contributed by atoms with van der Waals surface area (Å²) in [6.45, 7) is 2.30. The Morgan fingerprint density at radius 1 is 1.40 bits per heavy atom. The first-order chi connectivity index (χ1) is 4.83. The van der Waals surface area contributed by atoms with Gasteiger partial charge in [-0.3, -0.25) is 0 Å². The smallest absolute Gasteiger partial charge is 0.0189 e. The molecule has 0 nitrogen and oxygen atoms in total. The van der Waals surface area contributed by atoms with Crippen molar-refractivity contribution in [2.24, 2.45) is 5.41 Å². The zero-order chi connectivity index (χ0) is 7.45. The van der Waals surface area contributed by atoms with Gasteiger partial charge < -0.3 is 0 Å². The van der Waals surface area contributed by atoms with E-state index in [2.05, 4.69) is 6.92 Å². The Kier molecular flexibility index (Phi) is 2.84. The molecule has 0 atom stereocenters. The van der Waals surface area contributed by atoms with Gasteiger partial charge in [0.15, 0.2) is 0 Å².